The second kappa shape index (κ2) is 7.67. The van der Waals surface area contributed by atoms with E-state index in [9.17, 15) is 0 Å². The molecule has 2 aliphatic rings. The van der Waals surface area contributed by atoms with Crippen molar-refractivity contribution >= 4 is 11.4 Å². The number of hydrogen-bond donors (Lipinski definition) is 0. The highest BCUT2D eigenvalue weighted by atomic mass is 16.3. The molecule has 4 heteroatoms. The molecule has 0 N–H and O–H groups in total. The molecule has 4 rings (SSSR count). The minimum atomic E-state index is 0.169. The number of piperidine rings is 1. The number of nitrogens with zero attached hydrogens (tertiary/aromatic N) is 3. The lowest BCUT2D eigenvalue weighted by Crippen LogP contribution is -2.31. The van der Waals surface area contributed by atoms with E-state index in [0.717, 1.165) is 36.6 Å². The highest BCUT2D eigenvalue weighted by molar-refractivity contribution is 5.89. The number of anilines is 1. The molecule has 0 amide bonds. The normalized spacial score (nSPS) is 21.2. The summed E-state index contributed by atoms with van der Waals surface area (Å²) in [5.41, 5.74) is 3.70. The SMILES string of the molecule is Cc1ccc(N2N=C(CCN3CCCCC3)CC2c2ccc(C)o2)cc1. The van der Waals surface area contributed by atoms with Crippen LogP contribution in [0.15, 0.2) is 45.9 Å². The van der Waals surface area contributed by atoms with Gasteiger partial charge < -0.3 is 9.32 Å². The van der Waals surface area contributed by atoms with Gasteiger partial charge in [-0.15, -0.1) is 0 Å². The van der Waals surface area contributed by atoms with Crippen LogP contribution in [0.5, 0.6) is 0 Å². The fourth-order valence-electron chi connectivity index (χ4n) is 3.98. The summed E-state index contributed by atoms with van der Waals surface area (Å²) in [6, 6.07) is 13.0. The van der Waals surface area contributed by atoms with Gasteiger partial charge in [0.2, 0.25) is 0 Å². The number of benzene rings is 1. The smallest absolute Gasteiger partial charge is 0.129 e. The molecule has 4 nitrogen and oxygen atoms in total. The van der Waals surface area contributed by atoms with E-state index in [1.54, 1.807) is 0 Å². The third kappa shape index (κ3) is 3.85. The molecule has 1 unspecified atom stereocenters. The monoisotopic (exact) mass is 351 g/mol. The van der Waals surface area contributed by atoms with Gasteiger partial charge in [-0.2, -0.15) is 5.10 Å². The van der Waals surface area contributed by atoms with Gasteiger partial charge in [0.1, 0.15) is 17.6 Å². The van der Waals surface area contributed by atoms with Gasteiger partial charge in [-0.3, -0.25) is 5.01 Å². The molecule has 0 radical (unpaired) electrons. The minimum absolute atomic E-state index is 0.169. The van der Waals surface area contributed by atoms with Crippen molar-refractivity contribution in [3.8, 4) is 0 Å². The van der Waals surface area contributed by atoms with E-state index in [1.807, 2.05) is 13.0 Å². The van der Waals surface area contributed by atoms with Crippen LogP contribution in [-0.2, 0) is 0 Å². The zero-order chi connectivity index (χ0) is 17.9. The largest absolute Gasteiger partial charge is 0.464 e. The summed E-state index contributed by atoms with van der Waals surface area (Å²) >= 11 is 0. The first-order valence-corrected chi connectivity index (χ1v) is 9.90. The third-order valence-corrected chi connectivity index (χ3v) is 5.53. The fraction of sp³-hybridized carbons (Fsp3) is 0.500. The van der Waals surface area contributed by atoms with Crippen LogP contribution in [0.25, 0.3) is 0 Å². The van der Waals surface area contributed by atoms with Crippen LogP contribution in [0.4, 0.5) is 5.69 Å². The zero-order valence-electron chi connectivity index (χ0n) is 15.9. The molecule has 0 saturated carbocycles. The average Bonchev–Trinajstić information content (AvgIpc) is 3.28. The lowest BCUT2D eigenvalue weighted by molar-refractivity contribution is 0.234. The molecule has 1 aromatic carbocycles. The topological polar surface area (TPSA) is 32.0 Å². The average molecular weight is 351 g/mol. The molecular weight excluding hydrogens is 322 g/mol. The van der Waals surface area contributed by atoms with Gasteiger partial charge >= 0.3 is 0 Å². The van der Waals surface area contributed by atoms with Crippen molar-refractivity contribution in [2.75, 3.05) is 24.6 Å². The van der Waals surface area contributed by atoms with Crippen molar-refractivity contribution in [1.29, 1.82) is 0 Å². The first-order chi connectivity index (χ1) is 12.7. The Hall–Kier alpha value is -2.07. The minimum Gasteiger partial charge on any atom is -0.464 e. The Balaban J connectivity index is 1.51. The summed E-state index contributed by atoms with van der Waals surface area (Å²) in [7, 11) is 0. The Morgan fingerprint density at radius 3 is 2.46 bits per heavy atom. The molecule has 1 atom stereocenters. The van der Waals surface area contributed by atoms with E-state index in [4.69, 9.17) is 9.52 Å². The molecule has 0 bridgehead atoms. The Labute approximate surface area is 156 Å². The highest BCUT2D eigenvalue weighted by Gasteiger charge is 2.31. The lowest BCUT2D eigenvalue weighted by Gasteiger charge is -2.26. The van der Waals surface area contributed by atoms with E-state index in [1.165, 1.54) is 43.6 Å². The van der Waals surface area contributed by atoms with Gasteiger partial charge in [-0.25, -0.2) is 0 Å². The van der Waals surface area contributed by atoms with Crippen molar-refractivity contribution in [3.63, 3.8) is 0 Å². The summed E-state index contributed by atoms with van der Waals surface area (Å²) in [6.07, 6.45) is 6.08. The standard InChI is InChI=1S/C22H29N3O/c1-17-6-9-20(10-7-17)25-21(22-11-8-18(2)26-22)16-19(23-25)12-15-24-13-4-3-5-14-24/h6-11,21H,3-5,12-16H2,1-2H3. The second-order valence-corrected chi connectivity index (χ2v) is 7.67. The van der Waals surface area contributed by atoms with E-state index < -0.39 is 0 Å². The zero-order valence-corrected chi connectivity index (χ0v) is 15.9. The van der Waals surface area contributed by atoms with Gasteiger partial charge in [0.15, 0.2) is 0 Å². The van der Waals surface area contributed by atoms with Crippen molar-refractivity contribution in [1.82, 2.24) is 4.90 Å². The predicted octanol–water partition coefficient (Wildman–Crippen LogP) is 5.08. The highest BCUT2D eigenvalue weighted by Crippen LogP contribution is 2.36. The maximum atomic E-state index is 5.96. The van der Waals surface area contributed by atoms with E-state index in [2.05, 4.69) is 47.2 Å². The fourth-order valence-corrected chi connectivity index (χ4v) is 3.98. The number of hydrogen-bond acceptors (Lipinski definition) is 4. The molecule has 1 saturated heterocycles. The van der Waals surface area contributed by atoms with Crippen LogP contribution in [0, 0.1) is 13.8 Å². The molecular formula is C22H29N3O. The van der Waals surface area contributed by atoms with Crippen LogP contribution < -0.4 is 5.01 Å². The first kappa shape index (κ1) is 17.3. The molecule has 1 aromatic heterocycles. The van der Waals surface area contributed by atoms with Crippen LogP contribution >= 0.6 is 0 Å². The summed E-state index contributed by atoms with van der Waals surface area (Å²) in [5.74, 6) is 1.98. The summed E-state index contributed by atoms with van der Waals surface area (Å²) in [4.78, 5) is 2.59. The van der Waals surface area contributed by atoms with Crippen LogP contribution in [-0.4, -0.2) is 30.2 Å². The third-order valence-electron chi connectivity index (χ3n) is 5.53. The van der Waals surface area contributed by atoms with Gasteiger partial charge in [-0.1, -0.05) is 24.1 Å². The summed E-state index contributed by atoms with van der Waals surface area (Å²) in [5, 5.41) is 7.16. The van der Waals surface area contributed by atoms with E-state index in [0.29, 0.717) is 0 Å². The van der Waals surface area contributed by atoms with E-state index in [-0.39, 0.29) is 6.04 Å². The molecule has 0 spiro atoms. The molecule has 2 aliphatic heterocycles. The van der Waals surface area contributed by atoms with E-state index >= 15 is 0 Å². The van der Waals surface area contributed by atoms with Crippen LogP contribution in [0.3, 0.4) is 0 Å². The Morgan fingerprint density at radius 1 is 1.00 bits per heavy atom. The molecule has 1 fully saturated rings. The number of aryl methyl sites for hydroxylation is 2. The van der Waals surface area contributed by atoms with Gasteiger partial charge in [0.05, 0.1) is 5.69 Å². The van der Waals surface area contributed by atoms with Crippen molar-refractivity contribution in [2.45, 2.75) is 52.0 Å². The van der Waals surface area contributed by atoms with Crippen molar-refractivity contribution in [3.05, 3.63) is 53.5 Å². The number of rotatable bonds is 5. The van der Waals surface area contributed by atoms with Crippen LogP contribution in [0.2, 0.25) is 0 Å². The molecule has 0 aliphatic carbocycles. The Morgan fingerprint density at radius 2 is 1.77 bits per heavy atom. The Bertz CT molecular complexity index is 756. The maximum absolute atomic E-state index is 5.96. The number of furan rings is 1. The quantitative estimate of drug-likeness (QED) is 0.753. The second-order valence-electron chi connectivity index (χ2n) is 7.67. The lowest BCUT2D eigenvalue weighted by atomic mass is 10.0. The summed E-state index contributed by atoms with van der Waals surface area (Å²) < 4.78 is 5.96. The molecule has 3 heterocycles. The van der Waals surface area contributed by atoms with Gasteiger partial charge in [0.25, 0.3) is 0 Å². The molecule has 138 valence electrons. The molecule has 2 aromatic rings. The van der Waals surface area contributed by atoms with Crippen molar-refractivity contribution in [2.24, 2.45) is 5.10 Å². The predicted molar refractivity (Wildman–Crippen MR) is 107 cm³/mol. The van der Waals surface area contributed by atoms with Crippen molar-refractivity contribution < 1.29 is 4.42 Å². The van der Waals surface area contributed by atoms with Gasteiger partial charge in [-0.05, 0) is 64.0 Å². The number of likely N-dealkylation sites (tertiary alicyclic amines) is 1. The number of hydrazone groups is 1. The molecule has 26 heavy (non-hydrogen) atoms. The van der Waals surface area contributed by atoms with Gasteiger partial charge in [0, 0.05) is 25.1 Å². The Kier molecular flexibility index (Phi) is 5.11. The van der Waals surface area contributed by atoms with Crippen LogP contribution in [0.1, 0.15) is 55.2 Å². The first-order valence-electron chi connectivity index (χ1n) is 9.90. The summed E-state index contributed by atoms with van der Waals surface area (Å²) in [6.45, 7) is 7.75. The maximum Gasteiger partial charge on any atom is 0.129 e.